The zero-order chi connectivity index (χ0) is 16.6. The molecular formula is C18H19N3O2. The molecule has 0 aliphatic carbocycles. The van der Waals surface area contributed by atoms with Crippen molar-refractivity contribution in [3.05, 3.63) is 64.5 Å². The lowest BCUT2D eigenvalue weighted by atomic mass is 10.1. The van der Waals surface area contributed by atoms with Crippen LogP contribution in [-0.2, 0) is 13.1 Å². The standard InChI is InChI=1S/C18H19N3O2/c1-11-7-15-16(8-12(11)2)21(17(9-19)20-15)10-13-3-5-14(6-4-13)18(22)23/h3-8H,9-10,19H2,1-2H3,(H,22,23). The lowest BCUT2D eigenvalue weighted by Gasteiger charge is -2.10. The topological polar surface area (TPSA) is 85.6 Å². The number of carbonyl (C=O) groups excluding carboxylic acids is 1. The monoisotopic (exact) mass is 309 g/mol. The third-order valence-corrected chi connectivity index (χ3v) is 4.20. The molecule has 0 saturated carbocycles. The van der Waals surface area contributed by atoms with Crippen LogP contribution in [0.5, 0.6) is 0 Å². The molecule has 5 heteroatoms. The fraction of sp³-hybridized carbons (Fsp3) is 0.222. The summed E-state index contributed by atoms with van der Waals surface area (Å²) in [4.78, 5) is 15.5. The maximum absolute atomic E-state index is 10.8. The Kier molecular flexibility index (Phi) is 3.88. The van der Waals surface area contributed by atoms with Crippen LogP contribution in [0.1, 0.15) is 32.9 Å². The second-order valence-corrected chi connectivity index (χ2v) is 5.77. The van der Waals surface area contributed by atoms with E-state index in [1.54, 1.807) is 12.1 Å². The van der Waals surface area contributed by atoms with Gasteiger partial charge in [-0.2, -0.15) is 0 Å². The van der Waals surface area contributed by atoms with Crippen LogP contribution in [0.25, 0.3) is 11.0 Å². The van der Waals surface area contributed by atoms with E-state index in [9.17, 15) is 9.90 Å². The number of aromatic carboxylic acids is 1. The van der Waals surface area contributed by atoms with Gasteiger partial charge in [0.05, 0.1) is 17.0 Å². The molecule has 0 amide bonds. The van der Waals surface area contributed by atoms with Crippen LogP contribution in [0, 0.1) is 13.8 Å². The molecule has 0 bridgehead atoms. The Labute approximate surface area is 134 Å². The minimum atomic E-state index is -1.16. The molecule has 23 heavy (non-hydrogen) atoms. The quantitative estimate of drug-likeness (QED) is 0.773. The van der Waals surface area contributed by atoms with Gasteiger partial charge in [0.1, 0.15) is 6.54 Å². The predicted octanol–water partition coefficient (Wildman–Crippen LogP) is 0.807. The van der Waals surface area contributed by atoms with Crippen molar-refractivity contribution in [2.45, 2.75) is 26.9 Å². The second kappa shape index (κ2) is 5.85. The van der Waals surface area contributed by atoms with Gasteiger partial charge >= 0.3 is 0 Å². The van der Waals surface area contributed by atoms with Crippen LogP contribution in [0.4, 0.5) is 0 Å². The smallest absolute Gasteiger partial charge is 0.165 e. The lowest BCUT2D eigenvalue weighted by molar-refractivity contribution is -0.388. The van der Waals surface area contributed by atoms with Crippen molar-refractivity contribution in [3.8, 4) is 0 Å². The first-order valence-electron chi connectivity index (χ1n) is 7.55. The van der Waals surface area contributed by atoms with Crippen LogP contribution in [0.3, 0.4) is 0 Å². The zero-order valence-corrected chi connectivity index (χ0v) is 13.3. The summed E-state index contributed by atoms with van der Waals surface area (Å²) in [6, 6.07) is 11.0. The summed E-state index contributed by atoms with van der Waals surface area (Å²) in [7, 11) is 0. The summed E-state index contributed by atoms with van der Waals surface area (Å²) < 4.78 is 2.14. The Balaban J connectivity index is 2.04. The van der Waals surface area contributed by atoms with Crippen molar-refractivity contribution in [2.24, 2.45) is 0 Å². The highest BCUT2D eigenvalue weighted by Crippen LogP contribution is 2.22. The number of carboxylic acid groups (broad SMARTS) is 1. The van der Waals surface area contributed by atoms with Gasteiger partial charge in [0.25, 0.3) is 0 Å². The summed E-state index contributed by atoms with van der Waals surface area (Å²) >= 11 is 0. The number of imidazole rings is 1. The first kappa shape index (κ1) is 15.2. The highest BCUT2D eigenvalue weighted by Gasteiger charge is 2.12. The van der Waals surface area contributed by atoms with E-state index in [1.807, 2.05) is 12.1 Å². The van der Waals surface area contributed by atoms with Crippen LogP contribution in [0.2, 0.25) is 0 Å². The van der Waals surface area contributed by atoms with Crippen molar-refractivity contribution in [3.63, 3.8) is 0 Å². The minimum absolute atomic E-state index is 0.188. The average molecular weight is 309 g/mol. The largest absolute Gasteiger partial charge is 0.545 e. The molecule has 118 valence electrons. The van der Waals surface area contributed by atoms with Gasteiger partial charge in [0.15, 0.2) is 5.82 Å². The predicted molar refractivity (Wildman–Crippen MR) is 85.7 cm³/mol. The van der Waals surface area contributed by atoms with Gasteiger partial charge in [-0.25, -0.2) is 4.98 Å². The van der Waals surface area contributed by atoms with Crippen LogP contribution in [-0.4, -0.2) is 15.5 Å². The number of carboxylic acids is 1. The fourth-order valence-corrected chi connectivity index (χ4v) is 2.73. The number of hydrogen-bond acceptors (Lipinski definition) is 3. The van der Waals surface area contributed by atoms with Crippen molar-refractivity contribution in [1.82, 2.24) is 9.55 Å². The zero-order valence-electron chi connectivity index (χ0n) is 13.3. The summed E-state index contributed by atoms with van der Waals surface area (Å²) in [5.41, 5.74) is 9.66. The Morgan fingerprint density at radius 2 is 1.83 bits per heavy atom. The SMILES string of the molecule is Cc1cc2nc(C[NH3+])n(Cc3ccc(C(=O)[O-])cc3)c2cc1C. The summed E-state index contributed by atoms with van der Waals surface area (Å²) in [5.74, 6) is -0.233. The van der Waals surface area contributed by atoms with Crippen LogP contribution in [0.15, 0.2) is 36.4 Å². The Hall–Kier alpha value is -2.66. The molecule has 0 aliphatic heterocycles. The third-order valence-electron chi connectivity index (χ3n) is 4.20. The number of aryl methyl sites for hydroxylation is 2. The molecule has 0 fully saturated rings. The third kappa shape index (κ3) is 2.83. The Morgan fingerprint density at radius 1 is 1.17 bits per heavy atom. The lowest BCUT2D eigenvalue weighted by Crippen LogP contribution is -2.48. The summed E-state index contributed by atoms with van der Waals surface area (Å²) in [5, 5.41) is 10.8. The van der Waals surface area contributed by atoms with Crippen molar-refractivity contribution >= 4 is 17.0 Å². The van der Waals surface area contributed by atoms with Crippen molar-refractivity contribution in [1.29, 1.82) is 0 Å². The average Bonchev–Trinajstić information content (AvgIpc) is 2.85. The first-order chi connectivity index (χ1) is 11.0. The number of hydrogen-bond donors (Lipinski definition) is 1. The molecule has 0 spiro atoms. The van der Waals surface area contributed by atoms with Crippen molar-refractivity contribution in [2.75, 3.05) is 0 Å². The highest BCUT2D eigenvalue weighted by atomic mass is 16.4. The second-order valence-electron chi connectivity index (χ2n) is 5.77. The molecule has 0 radical (unpaired) electrons. The number of nitrogens with zero attached hydrogens (tertiary/aromatic N) is 2. The van der Waals surface area contributed by atoms with E-state index < -0.39 is 5.97 Å². The minimum Gasteiger partial charge on any atom is -0.545 e. The molecule has 2 aromatic carbocycles. The van der Waals surface area contributed by atoms with E-state index in [0.717, 1.165) is 22.4 Å². The molecule has 3 aromatic rings. The van der Waals surface area contributed by atoms with E-state index in [1.165, 1.54) is 11.1 Å². The molecular weight excluding hydrogens is 290 g/mol. The maximum atomic E-state index is 10.8. The number of benzene rings is 2. The van der Waals surface area contributed by atoms with Gasteiger partial charge in [-0.15, -0.1) is 0 Å². The molecule has 0 unspecified atom stereocenters. The van der Waals surface area contributed by atoms with Gasteiger partial charge in [-0.05, 0) is 48.2 Å². The summed E-state index contributed by atoms with van der Waals surface area (Å²) in [6.07, 6.45) is 0. The van der Waals surface area contributed by atoms with Crippen molar-refractivity contribution < 1.29 is 15.6 Å². The normalized spacial score (nSPS) is 11.1. The van der Waals surface area contributed by atoms with Crippen LogP contribution < -0.4 is 10.8 Å². The molecule has 3 rings (SSSR count). The van der Waals surface area contributed by atoms with Gasteiger partial charge < -0.3 is 20.2 Å². The molecule has 3 N–H and O–H groups in total. The summed E-state index contributed by atoms with van der Waals surface area (Å²) in [6.45, 7) is 5.40. The van der Waals surface area contributed by atoms with E-state index in [0.29, 0.717) is 13.1 Å². The van der Waals surface area contributed by atoms with Gasteiger partial charge in [0, 0.05) is 6.54 Å². The fourth-order valence-electron chi connectivity index (χ4n) is 2.73. The first-order valence-corrected chi connectivity index (χ1v) is 7.55. The van der Waals surface area contributed by atoms with E-state index in [4.69, 9.17) is 0 Å². The number of carbonyl (C=O) groups is 1. The van der Waals surface area contributed by atoms with Crippen LogP contribution >= 0.6 is 0 Å². The molecule has 0 aliphatic rings. The van der Waals surface area contributed by atoms with E-state index in [-0.39, 0.29) is 5.56 Å². The van der Waals surface area contributed by atoms with Gasteiger partial charge in [-0.3, -0.25) is 0 Å². The Morgan fingerprint density at radius 3 is 2.43 bits per heavy atom. The highest BCUT2D eigenvalue weighted by molar-refractivity contribution is 5.85. The molecule has 0 saturated heterocycles. The number of fused-ring (bicyclic) bond motifs is 1. The Bertz CT molecular complexity index is 879. The maximum Gasteiger partial charge on any atom is 0.165 e. The number of aromatic nitrogens is 2. The van der Waals surface area contributed by atoms with E-state index in [2.05, 4.69) is 41.3 Å². The molecule has 5 nitrogen and oxygen atoms in total. The number of rotatable bonds is 4. The van der Waals surface area contributed by atoms with Gasteiger partial charge in [-0.1, -0.05) is 24.3 Å². The number of quaternary nitrogens is 1. The molecule has 0 atom stereocenters. The van der Waals surface area contributed by atoms with Gasteiger partial charge in [0.2, 0.25) is 0 Å². The molecule has 1 aromatic heterocycles. The molecule has 1 heterocycles. The van der Waals surface area contributed by atoms with E-state index >= 15 is 0 Å².